The number of aromatic amines is 1. The molecule has 0 fully saturated rings. The Morgan fingerprint density at radius 1 is 1.00 bits per heavy atom. The highest BCUT2D eigenvalue weighted by molar-refractivity contribution is 9.10. The van der Waals surface area contributed by atoms with E-state index in [4.69, 9.17) is 0 Å². The average molecular weight is 489 g/mol. The van der Waals surface area contributed by atoms with Gasteiger partial charge in [0, 0.05) is 35.1 Å². The number of pyridine rings is 2. The fourth-order valence-corrected chi connectivity index (χ4v) is 4.19. The van der Waals surface area contributed by atoms with E-state index in [9.17, 15) is 9.18 Å². The molecule has 0 atom stereocenters. The number of benzene rings is 2. The van der Waals surface area contributed by atoms with Gasteiger partial charge in [-0.05, 0) is 82.0 Å². The molecule has 0 amide bonds. The van der Waals surface area contributed by atoms with Gasteiger partial charge in [-0.3, -0.25) is 14.9 Å². The molecule has 0 unspecified atom stereocenters. The zero-order chi connectivity index (χ0) is 22.2. The lowest BCUT2D eigenvalue weighted by atomic mass is 10.0. The number of halogens is 2. The highest BCUT2D eigenvalue weighted by Gasteiger charge is 2.11. The van der Waals surface area contributed by atoms with E-state index in [2.05, 4.69) is 31.1 Å². The quantitative estimate of drug-likeness (QED) is 0.352. The molecule has 0 radical (unpaired) electrons. The summed E-state index contributed by atoms with van der Waals surface area (Å²) in [5.74, 6) is -0.327. The van der Waals surface area contributed by atoms with Crippen molar-refractivity contribution in [2.45, 2.75) is 13.5 Å². The maximum atomic E-state index is 13.5. The summed E-state index contributed by atoms with van der Waals surface area (Å²) in [6, 6.07) is 18.2. The van der Waals surface area contributed by atoms with E-state index in [1.54, 1.807) is 35.2 Å². The van der Waals surface area contributed by atoms with Crippen molar-refractivity contribution in [3.05, 3.63) is 105 Å². The van der Waals surface area contributed by atoms with Crippen LogP contribution in [-0.2, 0) is 6.54 Å². The summed E-state index contributed by atoms with van der Waals surface area (Å²) < 4.78 is 15.5. The number of hydrogen-bond donors (Lipinski definition) is 1. The van der Waals surface area contributed by atoms with Crippen LogP contribution < -0.4 is 5.56 Å². The molecule has 7 heteroatoms. The first-order valence-corrected chi connectivity index (χ1v) is 10.8. The summed E-state index contributed by atoms with van der Waals surface area (Å²) >= 11 is 3.19. The standard InChI is InChI=1S/C25H18BrFN4O/c1-15-10-19(6-8-28-15)25-20-12-17(3-5-23(20)29-30-25)18-7-9-31(24(32)13-18)14-16-2-4-22(27)21(26)11-16/h2-13H,14H2,1H3,(H,29,30). The van der Waals surface area contributed by atoms with Gasteiger partial charge in [-0.1, -0.05) is 12.1 Å². The molecule has 0 aliphatic heterocycles. The van der Waals surface area contributed by atoms with Crippen molar-refractivity contribution < 1.29 is 4.39 Å². The summed E-state index contributed by atoms with van der Waals surface area (Å²) in [4.78, 5) is 17.0. The predicted octanol–water partition coefficient (Wildman–Crippen LogP) is 5.71. The lowest BCUT2D eigenvalue weighted by molar-refractivity contribution is 0.619. The Kier molecular flexibility index (Phi) is 5.19. The van der Waals surface area contributed by atoms with Crippen molar-refractivity contribution in [2.75, 3.05) is 0 Å². The molecule has 3 aromatic heterocycles. The molecule has 0 spiro atoms. The van der Waals surface area contributed by atoms with Gasteiger partial charge < -0.3 is 4.57 Å². The molecule has 0 aliphatic carbocycles. The zero-order valence-electron chi connectivity index (χ0n) is 17.1. The van der Waals surface area contributed by atoms with Gasteiger partial charge in [0.1, 0.15) is 11.5 Å². The lowest BCUT2D eigenvalue weighted by Crippen LogP contribution is -2.19. The highest BCUT2D eigenvalue weighted by atomic mass is 79.9. The molecule has 5 nitrogen and oxygen atoms in total. The number of nitrogens with one attached hydrogen (secondary N) is 1. The van der Waals surface area contributed by atoms with Crippen LogP contribution >= 0.6 is 15.9 Å². The van der Waals surface area contributed by atoms with Gasteiger partial charge in [0.25, 0.3) is 5.56 Å². The normalized spacial score (nSPS) is 11.2. The van der Waals surface area contributed by atoms with Crippen LogP contribution in [0.25, 0.3) is 33.3 Å². The van der Waals surface area contributed by atoms with Crippen molar-refractivity contribution in [2.24, 2.45) is 0 Å². The number of nitrogens with zero attached hydrogens (tertiary/aromatic N) is 3. The second-order valence-electron chi connectivity index (χ2n) is 7.65. The Morgan fingerprint density at radius 3 is 2.62 bits per heavy atom. The minimum atomic E-state index is -0.327. The van der Waals surface area contributed by atoms with Gasteiger partial charge in [-0.2, -0.15) is 5.10 Å². The summed E-state index contributed by atoms with van der Waals surface area (Å²) in [6.07, 6.45) is 3.54. The van der Waals surface area contributed by atoms with E-state index in [1.807, 2.05) is 43.3 Å². The third-order valence-corrected chi connectivity index (χ3v) is 6.01. The molecule has 0 saturated carbocycles. The number of hydrogen-bond acceptors (Lipinski definition) is 3. The Hall–Kier alpha value is -3.58. The van der Waals surface area contributed by atoms with Gasteiger partial charge in [-0.15, -0.1) is 0 Å². The van der Waals surface area contributed by atoms with Crippen molar-refractivity contribution >= 4 is 26.8 Å². The predicted molar refractivity (Wildman–Crippen MR) is 127 cm³/mol. The van der Waals surface area contributed by atoms with Crippen LogP contribution in [0, 0.1) is 12.7 Å². The lowest BCUT2D eigenvalue weighted by Gasteiger charge is -2.09. The van der Waals surface area contributed by atoms with Crippen LogP contribution in [0.15, 0.2) is 82.3 Å². The van der Waals surface area contributed by atoms with E-state index < -0.39 is 0 Å². The molecule has 0 saturated heterocycles. The first-order valence-electron chi connectivity index (χ1n) is 10.0. The Bertz CT molecular complexity index is 1520. The summed E-state index contributed by atoms with van der Waals surface area (Å²) in [5.41, 5.74) is 6.15. The molecule has 0 bridgehead atoms. The molecule has 5 aromatic rings. The highest BCUT2D eigenvalue weighted by Crippen LogP contribution is 2.30. The molecule has 158 valence electrons. The van der Waals surface area contributed by atoms with E-state index in [1.165, 1.54) is 6.07 Å². The third kappa shape index (κ3) is 3.87. The first-order chi connectivity index (χ1) is 15.5. The van der Waals surface area contributed by atoms with Gasteiger partial charge in [-0.25, -0.2) is 4.39 Å². The SMILES string of the molecule is Cc1cc(-c2n[nH]c3ccc(-c4ccn(Cc5ccc(F)c(Br)c5)c(=O)c4)cc23)ccn1. The molecule has 1 N–H and O–H groups in total. The first kappa shape index (κ1) is 20.3. The minimum absolute atomic E-state index is 0.125. The number of rotatable bonds is 4. The zero-order valence-corrected chi connectivity index (χ0v) is 18.7. The van der Waals surface area contributed by atoms with Crippen LogP contribution in [0.5, 0.6) is 0 Å². The van der Waals surface area contributed by atoms with Gasteiger partial charge >= 0.3 is 0 Å². The Morgan fingerprint density at radius 2 is 1.84 bits per heavy atom. The Balaban J connectivity index is 1.50. The molecule has 32 heavy (non-hydrogen) atoms. The second kappa shape index (κ2) is 8.16. The molecule has 0 aliphatic rings. The topological polar surface area (TPSA) is 63.6 Å². The third-order valence-electron chi connectivity index (χ3n) is 5.40. The number of aromatic nitrogens is 4. The largest absolute Gasteiger partial charge is 0.311 e. The summed E-state index contributed by atoms with van der Waals surface area (Å²) in [5, 5.41) is 8.54. The molecular weight excluding hydrogens is 471 g/mol. The molecular formula is C25H18BrFN4O. The Labute approximate surface area is 191 Å². The van der Waals surface area contributed by atoms with Crippen LogP contribution in [-0.4, -0.2) is 19.7 Å². The average Bonchev–Trinajstić information content (AvgIpc) is 3.21. The molecule has 2 aromatic carbocycles. The monoisotopic (exact) mass is 488 g/mol. The van der Waals surface area contributed by atoms with Crippen molar-refractivity contribution in [3.8, 4) is 22.4 Å². The van der Waals surface area contributed by atoms with Gasteiger partial charge in [0.05, 0.1) is 16.5 Å². The van der Waals surface area contributed by atoms with E-state index in [0.717, 1.165) is 44.5 Å². The summed E-state index contributed by atoms with van der Waals surface area (Å²) in [6.45, 7) is 2.31. The maximum absolute atomic E-state index is 13.5. The van der Waals surface area contributed by atoms with Crippen molar-refractivity contribution in [3.63, 3.8) is 0 Å². The van der Waals surface area contributed by atoms with Crippen molar-refractivity contribution in [1.29, 1.82) is 0 Å². The fourth-order valence-electron chi connectivity index (χ4n) is 3.76. The summed E-state index contributed by atoms with van der Waals surface area (Å²) in [7, 11) is 0. The van der Waals surface area contributed by atoms with E-state index >= 15 is 0 Å². The van der Waals surface area contributed by atoms with E-state index in [0.29, 0.717) is 11.0 Å². The van der Waals surface area contributed by atoms with Crippen molar-refractivity contribution in [1.82, 2.24) is 19.7 Å². The maximum Gasteiger partial charge on any atom is 0.251 e. The smallest absolute Gasteiger partial charge is 0.251 e. The molecule has 3 heterocycles. The second-order valence-corrected chi connectivity index (χ2v) is 8.50. The van der Waals surface area contributed by atoms with Gasteiger partial charge in [0.2, 0.25) is 0 Å². The molecule has 5 rings (SSSR count). The van der Waals surface area contributed by atoms with Crippen LogP contribution in [0.2, 0.25) is 0 Å². The number of H-pyrrole nitrogens is 1. The number of fused-ring (bicyclic) bond motifs is 1. The fraction of sp³-hybridized carbons (Fsp3) is 0.0800. The minimum Gasteiger partial charge on any atom is -0.311 e. The van der Waals surface area contributed by atoms with Crippen LogP contribution in [0.1, 0.15) is 11.3 Å². The van der Waals surface area contributed by atoms with E-state index in [-0.39, 0.29) is 11.4 Å². The van der Waals surface area contributed by atoms with Gasteiger partial charge in [0.15, 0.2) is 0 Å². The number of aryl methyl sites for hydroxylation is 1. The van der Waals surface area contributed by atoms with Crippen LogP contribution in [0.3, 0.4) is 0 Å². The van der Waals surface area contributed by atoms with Crippen LogP contribution in [0.4, 0.5) is 4.39 Å².